The Hall–Kier alpha value is -1.76. The molecule has 1 nitrogen and oxygen atoms in total. The van der Waals surface area contributed by atoms with E-state index in [2.05, 4.69) is 45.9 Å². The molecule has 0 fully saturated rings. The normalized spacial score (nSPS) is 11.7. The van der Waals surface area contributed by atoms with E-state index in [0.29, 0.717) is 5.75 Å². The van der Waals surface area contributed by atoms with Crippen molar-refractivity contribution in [2.45, 2.75) is 78.1 Å². The largest absolute Gasteiger partial charge is 0.508 e. The van der Waals surface area contributed by atoms with Crippen LogP contribution in [0.4, 0.5) is 0 Å². The van der Waals surface area contributed by atoms with Gasteiger partial charge in [-0.15, -0.1) is 0 Å². The maximum Gasteiger partial charge on any atom is 0.118 e. The van der Waals surface area contributed by atoms with Gasteiger partial charge in [-0.3, -0.25) is 0 Å². The van der Waals surface area contributed by atoms with Gasteiger partial charge in [0.2, 0.25) is 0 Å². The lowest BCUT2D eigenvalue weighted by Crippen LogP contribution is -2.23. The van der Waals surface area contributed by atoms with E-state index < -0.39 is 0 Å². The number of rotatable bonds is 9. The van der Waals surface area contributed by atoms with Gasteiger partial charge in [0.05, 0.1) is 0 Å². The lowest BCUT2D eigenvalue weighted by atomic mass is 9.74. The summed E-state index contributed by atoms with van der Waals surface area (Å²) in [6.45, 7) is 9.15. The summed E-state index contributed by atoms with van der Waals surface area (Å²) in [4.78, 5) is 0. The summed E-state index contributed by atoms with van der Waals surface area (Å²) in [6, 6.07) is 14.6. The van der Waals surface area contributed by atoms with Gasteiger partial charge in [0.15, 0.2) is 0 Å². The highest BCUT2D eigenvalue weighted by Gasteiger charge is 2.26. The Morgan fingerprint density at radius 1 is 0.800 bits per heavy atom. The number of phenols is 1. The molecular formula is C24H34O. The molecule has 0 saturated carbocycles. The van der Waals surface area contributed by atoms with E-state index >= 15 is 0 Å². The fourth-order valence-electron chi connectivity index (χ4n) is 3.75. The Bertz CT molecular complexity index is 670. The van der Waals surface area contributed by atoms with Crippen molar-refractivity contribution in [2.75, 3.05) is 0 Å². The maximum atomic E-state index is 10.2. The van der Waals surface area contributed by atoms with Crippen LogP contribution in [0.25, 0.3) is 0 Å². The van der Waals surface area contributed by atoms with Gasteiger partial charge in [-0.05, 0) is 65.8 Å². The molecule has 0 heterocycles. The SMILES string of the molecule is CCCCc1cccc(C(C)(C)Cc2ccccc2O)c1CCCC. The maximum absolute atomic E-state index is 10.2. The number of phenolic OH excluding ortho intramolecular Hbond substituents is 1. The number of para-hydroxylation sites is 1. The average Bonchev–Trinajstić information content (AvgIpc) is 2.60. The molecule has 0 atom stereocenters. The molecule has 2 aromatic carbocycles. The van der Waals surface area contributed by atoms with Crippen LogP contribution in [0.3, 0.4) is 0 Å². The first-order valence-corrected chi connectivity index (χ1v) is 9.87. The van der Waals surface area contributed by atoms with E-state index in [4.69, 9.17) is 0 Å². The van der Waals surface area contributed by atoms with Crippen molar-refractivity contribution >= 4 is 0 Å². The van der Waals surface area contributed by atoms with Gasteiger partial charge in [0.1, 0.15) is 5.75 Å². The zero-order valence-corrected chi connectivity index (χ0v) is 16.4. The summed E-state index contributed by atoms with van der Waals surface area (Å²) in [5, 5.41) is 10.2. The van der Waals surface area contributed by atoms with Crippen molar-refractivity contribution in [3.63, 3.8) is 0 Å². The summed E-state index contributed by atoms with van der Waals surface area (Å²) in [5.74, 6) is 0.410. The molecule has 1 heteroatoms. The Morgan fingerprint density at radius 2 is 1.44 bits per heavy atom. The molecule has 0 saturated heterocycles. The Labute approximate surface area is 154 Å². The zero-order valence-electron chi connectivity index (χ0n) is 16.4. The van der Waals surface area contributed by atoms with Crippen molar-refractivity contribution in [2.24, 2.45) is 0 Å². The number of aromatic hydroxyl groups is 1. The van der Waals surface area contributed by atoms with Crippen molar-refractivity contribution in [3.05, 3.63) is 64.7 Å². The minimum atomic E-state index is 0.00410. The van der Waals surface area contributed by atoms with Gasteiger partial charge < -0.3 is 5.11 Å². The fourth-order valence-corrected chi connectivity index (χ4v) is 3.75. The van der Waals surface area contributed by atoms with E-state index in [0.717, 1.165) is 18.4 Å². The smallest absolute Gasteiger partial charge is 0.118 e. The van der Waals surface area contributed by atoms with E-state index in [-0.39, 0.29) is 5.41 Å². The molecule has 0 amide bonds. The van der Waals surface area contributed by atoms with E-state index in [9.17, 15) is 5.11 Å². The summed E-state index contributed by atoms with van der Waals surface area (Å²) in [5.41, 5.74) is 5.58. The van der Waals surface area contributed by atoms with E-state index in [1.807, 2.05) is 18.2 Å². The van der Waals surface area contributed by atoms with Crippen LogP contribution in [-0.4, -0.2) is 5.11 Å². The topological polar surface area (TPSA) is 20.2 Å². The molecule has 0 aromatic heterocycles. The third kappa shape index (κ3) is 5.11. The molecule has 0 aliphatic rings. The van der Waals surface area contributed by atoms with Crippen LogP contribution in [0.15, 0.2) is 42.5 Å². The monoisotopic (exact) mass is 338 g/mol. The summed E-state index contributed by atoms with van der Waals surface area (Å²) >= 11 is 0. The average molecular weight is 339 g/mol. The quantitative estimate of drug-likeness (QED) is 0.546. The van der Waals surface area contributed by atoms with Crippen LogP contribution in [0.5, 0.6) is 5.75 Å². The molecule has 0 radical (unpaired) electrons. The van der Waals surface area contributed by atoms with Crippen LogP contribution in [-0.2, 0) is 24.7 Å². The van der Waals surface area contributed by atoms with Crippen LogP contribution in [0.2, 0.25) is 0 Å². The van der Waals surface area contributed by atoms with Gasteiger partial charge in [0, 0.05) is 0 Å². The number of unbranched alkanes of at least 4 members (excludes halogenated alkanes) is 2. The zero-order chi connectivity index (χ0) is 18.3. The molecule has 25 heavy (non-hydrogen) atoms. The number of hydrogen-bond donors (Lipinski definition) is 1. The highest BCUT2D eigenvalue weighted by Crippen LogP contribution is 2.35. The molecular weight excluding hydrogens is 304 g/mol. The minimum absolute atomic E-state index is 0.00410. The Kier molecular flexibility index (Phi) is 7.11. The first kappa shape index (κ1) is 19.6. The van der Waals surface area contributed by atoms with Crippen LogP contribution in [0.1, 0.15) is 75.6 Å². The van der Waals surface area contributed by atoms with Gasteiger partial charge in [0.25, 0.3) is 0 Å². The second-order valence-electron chi connectivity index (χ2n) is 7.84. The number of hydrogen-bond acceptors (Lipinski definition) is 1. The number of aryl methyl sites for hydroxylation is 1. The second-order valence-corrected chi connectivity index (χ2v) is 7.84. The van der Waals surface area contributed by atoms with Gasteiger partial charge in [-0.2, -0.15) is 0 Å². The summed E-state index contributed by atoms with van der Waals surface area (Å²) in [7, 11) is 0. The Morgan fingerprint density at radius 3 is 2.12 bits per heavy atom. The van der Waals surface area contributed by atoms with Gasteiger partial charge >= 0.3 is 0 Å². The summed E-state index contributed by atoms with van der Waals surface area (Å²) in [6.07, 6.45) is 8.15. The predicted octanol–water partition coefficient (Wildman–Crippen LogP) is 6.60. The van der Waals surface area contributed by atoms with Crippen molar-refractivity contribution in [1.82, 2.24) is 0 Å². The van der Waals surface area contributed by atoms with Crippen molar-refractivity contribution < 1.29 is 5.11 Å². The van der Waals surface area contributed by atoms with Gasteiger partial charge in [-0.1, -0.05) is 76.9 Å². The van der Waals surface area contributed by atoms with Crippen molar-refractivity contribution in [3.8, 4) is 5.75 Å². The molecule has 0 spiro atoms. The predicted molar refractivity (Wildman–Crippen MR) is 109 cm³/mol. The van der Waals surface area contributed by atoms with Gasteiger partial charge in [-0.25, -0.2) is 0 Å². The highest BCUT2D eigenvalue weighted by atomic mass is 16.3. The molecule has 0 bridgehead atoms. The Balaban J connectivity index is 2.38. The molecule has 2 rings (SSSR count). The third-order valence-corrected chi connectivity index (χ3v) is 5.21. The van der Waals surface area contributed by atoms with Crippen LogP contribution in [0, 0.1) is 0 Å². The number of benzene rings is 2. The lowest BCUT2D eigenvalue weighted by molar-refractivity contribution is 0.449. The first-order chi connectivity index (χ1) is 12.0. The molecule has 0 aliphatic heterocycles. The fraction of sp³-hybridized carbons (Fsp3) is 0.500. The molecule has 2 aromatic rings. The molecule has 0 unspecified atom stereocenters. The van der Waals surface area contributed by atoms with Crippen LogP contribution < -0.4 is 0 Å². The standard InChI is InChI=1S/C24H34O/c1-5-7-12-19-14-11-16-22(21(19)15-8-6-2)24(3,4)18-20-13-9-10-17-23(20)25/h9-11,13-14,16-17,25H,5-8,12,15,18H2,1-4H3. The van der Waals surface area contributed by atoms with E-state index in [1.54, 1.807) is 11.6 Å². The third-order valence-electron chi connectivity index (χ3n) is 5.21. The molecule has 1 N–H and O–H groups in total. The van der Waals surface area contributed by atoms with Crippen LogP contribution >= 0.6 is 0 Å². The molecule has 0 aliphatic carbocycles. The van der Waals surface area contributed by atoms with E-state index in [1.165, 1.54) is 43.2 Å². The lowest BCUT2D eigenvalue weighted by Gasteiger charge is -2.30. The minimum Gasteiger partial charge on any atom is -0.508 e. The second kappa shape index (κ2) is 9.08. The summed E-state index contributed by atoms with van der Waals surface area (Å²) < 4.78 is 0. The van der Waals surface area contributed by atoms with Crippen molar-refractivity contribution in [1.29, 1.82) is 0 Å². The molecule has 136 valence electrons. The first-order valence-electron chi connectivity index (χ1n) is 9.87. The highest BCUT2D eigenvalue weighted by molar-refractivity contribution is 5.42.